The Morgan fingerprint density at radius 1 is 1.37 bits per heavy atom. The minimum absolute atomic E-state index is 0. The zero-order valence-electron chi connectivity index (χ0n) is 18.4. The van der Waals surface area contributed by atoms with E-state index < -0.39 is 0 Å². The molecular weight excluding hydrogens is 514 g/mol. The Hall–Kier alpha value is -0.740. The third-order valence-corrected chi connectivity index (χ3v) is 7.37. The van der Waals surface area contributed by atoms with Gasteiger partial charge in [-0.25, -0.2) is 4.39 Å². The van der Waals surface area contributed by atoms with Crippen LogP contribution in [0.25, 0.3) is 0 Å². The van der Waals surface area contributed by atoms with E-state index in [2.05, 4.69) is 27.4 Å². The van der Waals surface area contributed by atoms with E-state index in [1.165, 1.54) is 0 Å². The molecule has 2 N–H and O–H groups in total. The van der Waals surface area contributed by atoms with Gasteiger partial charge in [0.1, 0.15) is 5.82 Å². The van der Waals surface area contributed by atoms with E-state index in [1.807, 2.05) is 31.8 Å². The van der Waals surface area contributed by atoms with Crippen molar-refractivity contribution >= 4 is 47.4 Å². The summed E-state index contributed by atoms with van der Waals surface area (Å²) in [5, 5.41) is 7.20. The van der Waals surface area contributed by atoms with E-state index in [4.69, 9.17) is 4.74 Å². The second-order valence-corrected chi connectivity index (χ2v) is 9.75. The molecule has 0 amide bonds. The lowest BCUT2D eigenvalue weighted by Gasteiger charge is -2.38. The Kier molecular flexibility index (Phi) is 10.5. The lowest BCUT2D eigenvalue weighted by atomic mass is 9.99. The molecule has 1 aromatic carbocycles. The van der Waals surface area contributed by atoms with Crippen LogP contribution < -0.4 is 15.5 Å². The summed E-state index contributed by atoms with van der Waals surface area (Å²) in [6, 6.07) is 5.39. The largest absolute Gasteiger partial charge is 0.381 e. The maximum atomic E-state index is 13.5. The Morgan fingerprint density at radius 2 is 2.13 bits per heavy atom. The van der Waals surface area contributed by atoms with E-state index in [1.54, 1.807) is 12.1 Å². The summed E-state index contributed by atoms with van der Waals surface area (Å²) in [5.74, 6) is 1.81. The number of nitrogens with zero attached hydrogens (tertiary/aromatic N) is 2. The monoisotopic (exact) mass is 550 g/mol. The van der Waals surface area contributed by atoms with Crippen LogP contribution in [0.3, 0.4) is 0 Å². The van der Waals surface area contributed by atoms with Crippen molar-refractivity contribution in [1.82, 2.24) is 10.6 Å². The summed E-state index contributed by atoms with van der Waals surface area (Å²) in [4.78, 5) is 6.83. The zero-order valence-corrected chi connectivity index (χ0v) is 21.5. The predicted octanol–water partition coefficient (Wildman–Crippen LogP) is 4.19. The zero-order chi connectivity index (χ0) is 20.7. The molecule has 3 rings (SSSR count). The van der Waals surface area contributed by atoms with Gasteiger partial charge >= 0.3 is 0 Å². The number of halogens is 2. The normalized spacial score (nSPS) is 21.7. The number of nitrogens with one attached hydrogen (secondary N) is 2. The van der Waals surface area contributed by atoms with Crippen molar-refractivity contribution in [1.29, 1.82) is 0 Å². The number of ether oxygens (including phenoxy) is 1. The lowest BCUT2D eigenvalue weighted by molar-refractivity contribution is 0.0782. The van der Waals surface area contributed by atoms with Crippen molar-refractivity contribution in [3.63, 3.8) is 0 Å². The molecular formula is C22H36FIN4OS. The first kappa shape index (κ1) is 25.5. The molecule has 2 heterocycles. The third kappa shape index (κ3) is 6.88. The van der Waals surface area contributed by atoms with E-state index in [9.17, 15) is 4.39 Å². The smallest absolute Gasteiger partial charge is 0.191 e. The number of hydrogen-bond acceptors (Lipinski definition) is 4. The van der Waals surface area contributed by atoms with Gasteiger partial charge < -0.3 is 20.3 Å². The topological polar surface area (TPSA) is 48.9 Å². The standard InChI is InChI=1S/C22H35FN4OS.HI/c1-4-29-22(9-12-28-13-10-22)16-25-21(24-3)26-19-6-5-11-27(15-19)20-8-7-18(23)14-17(20)2;/h7-8,14,19H,4-6,9-13,15-16H2,1-3H3,(H2,24,25,26);1H. The molecule has 30 heavy (non-hydrogen) atoms. The summed E-state index contributed by atoms with van der Waals surface area (Å²) in [7, 11) is 1.84. The Balaban J connectivity index is 0.00000320. The van der Waals surface area contributed by atoms with Gasteiger partial charge in [-0.15, -0.1) is 24.0 Å². The number of hydrogen-bond donors (Lipinski definition) is 2. The number of aryl methyl sites for hydroxylation is 1. The molecule has 0 saturated carbocycles. The molecule has 2 aliphatic rings. The van der Waals surface area contributed by atoms with Crippen LogP contribution in [0.4, 0.5) is 10.1 Å². The summed E-state index contributed by atoms with van der Waals surface area (Å²) in [6.45, 7) is 8.70. The van der Waals surface area contributed by atoms with Crippen LogP contribution in [0.5, 0.6) is 0 Å². The van der Waals surface area contributed by atoms with Gasteiger partial charge in [0.05, 0.1) is 0 Å². The molecule has 0 bridgehead atoms. The van der Waals surface area contributed by atoms with Crippen LogP contribution in [0.2, 0.25) is 0 Å². The van der Waals surface area contributed by atoms with Gasteiger partial charge in [0.2, 0.25) is 0 Å². The quantitative estimate of drug-likeness (QED) is 0.316. The fourth-order valence-electron chi connectivity index (χ4n) is 4.34. The molecule has 1 aromatic rings. The van der Waals surface area contributed by atoms with Crippen LogP contribution >= 0.6 is 35.7 Å². The molecule has 0 spiro atoms. The minimum Gasteiger partial charge on any atom is -0.381 e. The van der Waals surface area contributed by atoms with Gasteiger partial charge in [-0.1, -0.05) is 6.92 Å². The number of rotatable bonds is 6. The number of aliphatic imine (C=N–C) groups is 1. The minimum atomic E-state index is -0.172. The van der Waals surface area contributed by atoms with Gasteiger partial charge in [0.25, 0.3) is 0 Å². The maximum absolute atomic E-state index is 13.5. The first-order valence-corrected chi connectivity index (χ1v) is 11.7. The number of guanidine groups is 1. The molecule has 0 aromatic heterocycles. The van der Waals surface area contributed by atoms with Crippen molar-refractivity contribution < 1.29 is 9.13 Å². The molecule has 2 saturated heterocycles. The SMILES string of the molecule is CCSC1(CNC(=NC)NC2CCCN(c3ccc(F)cc3C)C2)CCOCC1.I. The van der Waals surface area contributed by atoms with Gasteiger partial charge in [0.15, 0.2) is 5.96 Å². The van der Waals surface area contributed by atoms with Gasteiger partial charge in [-0.05, 0) is 62.1 Å². The van der Waals surface area contributed by atoms with E-state index >= 15 is 0 Å². The highest BCUT2D eigenvalue weighted by molar-refractivity contribution is 14.0. The van der Waals surface area contributed by atoms with Crippen LogP contribution in [0, 0.1) is 12.7 Å². The molecule has 1 unspecified atom stereocenters. The van der Waals surface area contributed by atoms with Gasteiger partial charge in [-0.2, -0.15) is 11.8 Å². The summed E-state index contributed by atoms with van der Waals surface area (Å²) in [6.07, 6.45) is 4.38. The highest BCUT2D eigenvalue weighted by Gasteiger charge is 2.33. The van der Waals surface area contributed by atoms with E-state index in [0.717, 1.165) is 81.5 Å². The van der Waals surface area contributed by atoms with Crippen LogP contribution in [0.15, 0.2) is 23.2 Å². The summed E-state index contributed by atoms with van der Waals surface area (Å²) in [5.41, 5.74) is 2.12. The van der Waals surface area contributed by atoms with Crippen molar-refractivity contribution in [2.45, 2.75) is 50.3 Å². The highest BCUT2D eigenvalue weighted by Crippen LogP contribution is 2.34. The van der Waals surface area contributed by atoms with Crippen LogP contribution in [-0.2, 0) is 4.74 Å². The van der Waals surface area contributed by atoms with Crippen molar-refractivity contribution in [3.8, 4) is 0 Å². The Morgan fingerprint density at radius 3 is 2.80 bits per heavy atom. The molecule has 170 valence electrons. The fraction of sp³-hybridized carbons (Fsp3) is 0.682. The van der Waals surface area contributed by atoms with E-state index in [-0.39, 0.29) is 34.5 Å². The van der Waals surface area contributed by atoms with Crippen molar-refractivity contribution in [2.24, 2.45) is 4.99 Å². The molecule has 2 aliphatic heterocycles. The first-order chi connectivity index (χ1) is 14.0. The third-order valence-electron chi connectivity index (χ3n) is 5.92. The van der Waals surface area contributed by atoms with E-state index in [0.29, 0.717) is 6.04 Å². The molecule has 0 radical (unpaired) electrons. The second kappa shape index (κ2) is 12.3. The second-order valence-electron chi connectivity index (χ2n) is 8.01. The van der Waals surface area contributed by atoms with Crippen molar-refractivity contribution in [3.05, 3.63) is 29.6 Å². The van der Waals surface area contributed by atoms with Crippen molar-refractivity contribution in [2.75, 3.05) is 50.5 Å². The highest BCUT2D eigenvalue weighted by atomic mass is 127. The molecule has 8 heteroatoms. The molecule has 0 aliphatic carbocycles. The average molecular weight is 551 g/mol. The number of thioether (sulfide) groups is 1. The predicted molar refractivity (Wildman–Crippen MR) is 137 cm³/mol. The van der Waals surface area contributed by atoms with Crippen LogP contribution in [0.1, 0.15) is 38.2 Å². The number of benzene rings is 1. The lowest BCUT2D eigenvalue weighted by Crippen LogP contribution is -2.54. The average Bonchev–Trinajstić information content (AvgIpc) is 2.72. The number of piperidine rings is 1. The molecule has 2 fully saturated rings. The maximum Gasteiger partial charge on any atom is 0.191 e. The summed E-state index contributed by atoms with van der Waals surface area (Å²) < 4.78 is 19.3. The molecule has 5 nitrogen and oxygen atoms in total. The Labute approximate surface area is 202 Å². The first-order valence-electron chi connectivity index (χ1n) is 10.8. The Bertz CT molecular complexity index is 694. The van der Waals surface area contributed by atoms with Gasteiger partial charge in [-0.3, -0.25) is 4.99 Å². The summed E-state index contributed by atoms with van der Waals surface area (Å²) >= 11 is 2.03. The van der Waals surface area contributed by atoms with Gasteiger partial charge in [0, 0.05) is 56.4 Å². The van der Waals surface area contributed by atoms with Crippen LogP contribution in [-0.4, -0.2) is 62.4 Å². The number of anilines is 1. The fourth-order valence-corrected chi connectivity index (χ4v) is 5.58. The molecule has 1 atom stereocenters.